The molecule has 0 aliphatic rings. The number of hydrogen-bond acceptors (Lipinski definition) is 5. The van der Waals surface area contributed by atoms with Crippen molar-refractivity contribution in [3.63, 3.8) is 0 Å². The lowest BCUT2D eigenvalue weighted by molar-refractivity contribution is -0.137. The van der Waals surface area contributed by atoms with Gasteiger partial charge in [-0.15, -0.1) is 5.10 Å². The van der Waals surface area contributed by atoms with E-state index in [-0.39, 0.29) is 30.1 Å². The fraction of sp³-hybridized carbons (Fsp3) is 0.250. The Morgan fingerprint density at radius 1 is 1.29 bits per heavy atom. The van der Waals surface area contributed by atoms with Gasteiger partial charge in [0.1, 0.15) is 12.1 Å². The zero-order valence-electron chi connectivity index (χ0n) is 10.6. The van der Waals surface area contributed by atoms with E-state index in [1.165, 1.54) is 10.7 Å². The van der Waals surface area contributed by atoms with Crippen LogP contribution in [0.1, 0.15) is 17.1 Å². The molecule has 0 spiro atoms. The van der Waals surface area contributed by atoms with Crippen molar-refractivity contribution in [2.24, 2.45) is 5.73 Å². The van der Waals surface area contributed by atoms with Crippen LogP contribution < -0.4 is 5.73 Å². The van der Waals surface area contributed by atoms with E-state index in [1.807, 2.05) is 0 Å². The third-order valence-corrected chi connectivity index (χ3v) is 2.85. The second-order valence-electron chi connectivity index (χ2n) is 4.40. The molecule has 0 atom stereocenters. The molecule has 0 aliphatic heterocycles. The first kappa shape index (κ1) is 13.6. The first-order valence-corrected chi connectivity index (χ1v) is 6.01. The number of oxazole rings is 1. The lowest BCUT2D eigenvalue weighted by atomic mass is 10.2. The summed E-state index contributed by atoms with van der Waals surface area (Å²) < 4.78 is 44.7. The van der Waals surface area contributed by atoms with Gasteiger partial charge in [-0.1, -0.05) is 5.21 Å². The van der Waals surface area contributed by atoms with Crippen molar-refractivity contribution in [2.45, 2.75) is 19.3 Å². The van der Waals surface area contributed by atoms with Crippen molar-refractivity contribution in [3.05, 3.63) is 41.5 Å². The zero-order chi connectivity index (χ0) is 15.0. The summed E-state index contributed by atoms with van der Waals surface area (Å²) in [6.07, 6.45) is -2.79. The van der Waals surface area contributed by atoms with Crippen LogP contribution in [-0.2, 0) is 19.3 Å². The molecule has 1 aromatic carbocycles. The Balaban J connectivity index is 1.90. The molecule has 0 radical (unpaired) electrons. The number of alkyl halides is 3. The summed E-state index contributed by atoms with van der Waals surface area (Å²) in [5.41, 5.74) is 5.69. The van der Waals surface area contributed by atoms with Crippen molar-refractivity contribution in [2.75, 3.05) is 0 Å². The van der Waals surface area contributed by atoms with Crippen LogP contribution in [0, 0.1) is 0 Å². The average molecular weight is 297 g/mol. The summed E-state index contributed by atoms with van der Waals surface area (Å²) in [7, 11) is 0. The maximum atomic E-state index is 12.6. The van der Waals surface area contributed by atoms with Crippen LogP contribution in [0.4, 0.5) is 13.2 Å². The predicted octanol–water partition coefficient (Wildman–Crippen LogP) is 1.95. The summed E-state index contributed by atoms with van der Waals surface area (Å²) >= 11 is 0. The van der Waals surface area contributed by atoms with E-state index in [1.54, 1.807) is 6.20 Å². The number of nitrogens with zero attached hydrogens (tertiary/aromatic N) is 4. The van der Waals surface area contributed by atoms with Crippen molar-refractivity contribution in [3.8, 4) is 0 Å². The predicted molar refractivity (Wildman–Crippen MR) is 66.0 cm³/mol. The minimum absolute atomic E-state index is 0.152. The van der Waals surface area contributed by atoms with Gasteiger partial charge in [-0.05, 0) is 18.2 Å². The highest BCUT2D eigenvalue weighted by atomic mass is 19.4. The van der Waals surface area contributed by atoms with E-state index >= 15 is 0 Å². The summed E-state index contributed by atoms with van der Waals surface area (Å²) in [5.74, 6) is 0.248. The molecule has 6 nitrogen and oxygen atoms in total. The molecule has 3 rings (SSSR count). The maximum absolute atomic E-state index is 12.6. The van der Waals surface area contributed by atoms with Crippen molar-refractivity contribution >= 4 is 11.1 Å². The fourth-order valence-electron chi connectivity index (χ4n) is 1.87. The van der Waals surface area contributed by atoms with Crippen LogP contribution in [0.15, 0.2) is 28.8 Å². The van der Waals surface area contributed by atoms with E-state index in [9.17, 15) is 13.2 Å². The topological polar surface area (TPSA) is 82.8 Å². The molecule has 21 heavy (non-hydrogen) atoms. The molecular formula is C12H10F3N5O. The number of nitrogens with two attached hydrogens (primary N) is 1. The highest BCUT2D eigenvalue weighted by Crippen LogP contribution is 2.31. The van der Waals surface area contributed by atoms with Gasteiger partial charge in [0.15, 0.2) is 5.58 Å². The van der Waals surface area contributed by atoms with E-state index < -0.39 is 11.7 Å². The lowest BCUT2D eigenvalue weighted by Gasteiger charge is -2.04. The fourth-order valence-corrected chi connectivity index (χ4v) is 1.87. The van der Waals surface area contributed by atoms with Gasteiger partial charge >= 0.3 is 6.18 Å². The minimum atomic E-state index is -4.41. The summed E-state index contributed by atoms with van der Waals surface area (Å²) in [5, 5.41) is 7.62. The van der Waals surface area contributed by atoms with E-state index in [4.69, 9.17) is 10.2 Å². The molecular weight excluding hydrogens is 287 g/mol. The smallest absolute Gasteiger partial charge is 0.416 e. The second kappa shape index (κ2) is 4.85. The quantitative estimate of drug-likeness (QED) is 0.799. The Hall–Kier alpha value is -2.42. The summed E-state index contributed by atoms with van der Waals surface area (Å²) in [6.45, 7) is 0.422. The average Bonchev–Trinajstić information content (AvgIpc) is 3.02. The number of benzene rings is 1. The van der Waals surface area contributed by atoms with Gasteiger partial charge in [0.05, 0.1) is 17.5 Å². The van der Waals surface area contributed by atoms with Crippen molar-refractivity contribution < 1.29 is 17.6 Å². The molecule has 0 aliphatic carbocycles. The lowest BCUT2D eigenvalue weighted by Crippen LogP contribution is -2.04. The Morgan fingerprint density at radius 3 is 2.76 bits per heavy atom. The molecule has 0 saturated carbocycles. The van der Waals surface area contributed by atoms with Gasteiger partial charge in [-0.3, -0.25) is 0 Å². The molecule has 2 heterocycles. The van der Waals surface area contributed by atoms with Gasteiger partial charge in [0.25, 0.3) is 0 Å². The Labute approximate surface area is 116 Å². The maximum Gasteiger partial charge on any atom is 0.416 e. The largest absolute Gasteiger partial charge is 0.439 e. The highest BCUT2D eigenvalue weighted by molar-refractivity contribution is 5.73. The third-order valence-electron chi connectivity index (χ3n) is 2.85. The van der Waals surface area contributed by atoms with Crippen LogP contribution in [0.5, 0.6) is 0 Å². The molecule has 0 fully saturated rings. The summed E-state index contributed by atoms with van der Waals surface area (Å²) in [4.78, 5) is 4.03. The Kier molecular flexibility index (Phi) is 3.13. The van der Waals surface area contributed by atoms with Gasteiger partial charge in [0, 0.05) is 6.54 Å². The molecule has 0 unspecified atom stereocenters. The number of fused-ring (bicyclic) bond motifs is 1. The molecule has 0 bridgehead atoms. The second-order valence-corrected chi connectivity index (χ2v) is 4.40. The molecule has 110 valence electrons. The van der Waals surface area contributed by atoms with Gasteiger partial charge in [0.2, 0.25) is 5.89 Å². The molecule has 2 aromatic heterocycles. The monoisotopic (exact) mass is 297 g/mol. The van der Waals surface area contributed by atoms with Crippen LogP contribution in [0.25, 0.3) is 11.1 Å². The van der Waals surface area contributed by atoms with Crippen molar-refractivity contribution in [1.29, 1.82) is 0 Å². The van der Waals surface area contributed by atoms with Crippen LogP contribution in [0.2, 0.25) is 0 Å². The molecule has 0 saturated heterocycles. The normalized spacial score (nSPS) is 12.2. The third kappa shape index (κ3) is 2.72. The number of hydrogen-bond donors (Lipinski definition) is 1. The van der Waals surface area contributed by atoms with Crippen LogP contribution >= 0.6 is 0 Å². The molecule has 2 N–H and O–H groups in total. The molecule has 9 heteroatoms. The number of halogens is 3. The van der Waals surface area contributed by atoms with E-state index in [0.717, 1.165) is 12.1 Å². The Bertz CT molecular complexity index is 777. The van der Waals surface area contributed by atoms with Crippen molar-refractivity contribution in [1.82, 2.24) is 20.0 Å². The Morgan fingerprint density at radius 2 is 2.10 bits per heavy atom. The first-order valence-electron chi connectivity index (χ1n) is 6.01. The van der Waals surface area contributed by atoms with Gasteiger partial charge in [-0.25, -0.2) is 9.67 Å². The van der Waals surface area contributed by atoms with Crippen LogP contribution in [0.3, 0.4) is 0 Å². The number of rotatable bonds is 3. The zero-order valence-corrected chi connectivity index (χ0v) is 10.6. The highest BCUT2D eigenvalue weighted by Gasteiger charge is 2.31. The summed E-state index contributed by atoms with van der Waals surface area (Å²) in [6, 6.07) is 3.16. The first-order chi connectivity index (χ1) is 9.95. The van der Waals surface area contributed by atoms with E-state index in [0.29, 0.717) is 5.69 Å². The standard InChI is InChI=1S/C12H10F3N5O/c13-12(14,15)7-1-2-10-9(3-7)17-11(21-10)6-20-5-8(4-16)18-19-20/h1-3,5H,4,6,16H2. The number of aromatic nitrogens is 4. The molecule has 0 amide bonds. The van der Waals surface area contributed by atoms with Gasteiger partial charge in [-0.2, -0.15) is 13.2 Å². The van der Waals surface area contributed by atoms with E-state index in [2.05, 4.69) is 15.3 Å². The van der Waals surface area contributed by atoms with Crippen LogP contribution in [-0.4, -0.2) is 20.0 Å². The van der Waals surface area contributed by atoms with Gasteiger partial charge < -0.3 is 10.2 Å². The minimum Gasteiger partial charge on any atom is -0.439 e. The molecule has 3 aromatic rings. The SMILES string of the molecule is NCc1cn(Cc2nc3cc(C(F)(F)F)ccc3o2)nn1.